The van der Waals surface area contributed by atoms with Gasteiger partial charge in [-0.3, -0.25) is 4.90 Å². The van der Waals surface area contributed by atoms with Crippen LogP contribution in [-0.4, -0.2) is 26.6 Å². The first kappa shape index (κ1) is 15.7. The zero-order valence-corrected chi connectivity index (χ0v) is 14.7. The zero-order valence-electron chi connectivity index (χ0n) is 14.7. The predicted octanol–water partition coefficient (Wildman–Crippen LogP) is 4.48. The molecule has 2 heterocycles. The van der Waals surface area contributed by atoms with E-state index in [9.17, 15) is 4.79 Å². The van der Waals surface area contributed by atoms with Crippen LogP contribution in [0.5, 0.6) is 0 Å². The van der Waals surface area contributed by atoms with Gasteiger partial charge in [-0.25, -0.2) is 9.78 Å². The van der Waals surface area contributed by atoms with Gasteiger partial charge in [0, 0.05) is 5.56 Å². The highest BCUT2D eigenvalue weighted by molar-refractivity contribution is 5.86. The van der Waals surface area contributed by atoms with Crippen LogP contribution in [0.4, 0.5) is 4.79 Å². The van der Waals surface area contributed by atoms with Crippen molar-refractivity contribution in [1.29, 1.82) is 0 Å². The smallest absolute Gasteiger partial charge is 0.410 e. The molecule has 0 aliphatic carbocycles. The van der Waals surface area contributed by atoms with Crippen molar-refractivity contribution in [3.8, 4) is 11.4 Å². The third-order valence-corrected chi connectivity index (χ3v) is 4.23. The van der Waals surface area contributed by atoms with Gasteiger partial charge < -0.3 is 9.72 Å². The van der Waals surface area contributed by atoms with Crippen LogP contribution in [0.1, 0.15) is 32.2 Å². The second-order valence-electron chi connectivity index (χ2n) is 7.41. The van der Waals surface area contributed by atoms with E-state index >= 15 is 0 Å². The van der Waals surface area contributed by atoms with Crippen LogP contribution in [0, 0.1) is 0 Å². The number of aromatic amines is 1. The van der Waals surface area contributed by atoms with Crippen molar-refractivity contribution in [3.63, 3.8) is 0 Å². The Kier molecular flexibility index (Phi) is 3.53. The van der Waals surface area contributed by atoms with Gasteiger partial charge in [0.25, 0.3) is 0 Å². The van der Waals surface area contributed by atoms with E-state index in [1.165, 1.54) is 10.8 Å². The molecule has 1 aliphatic rings. The summed E-state index contributed by atoms with van der Waals surface area (Å²) in [5.74, 6) is 0.847. The van der Waals surface area contributed by atoms with Gasteiger partial charge in [0.1, 0.15) is 11.4 Å². The summed E-state index contributed by atoms with van der Waals surface area (Å²) in [5.41, 5.74) is 2.46. The number of hydrogen-bond acceptors (Lipinski definition) is 3. The fraction of sp³-hybridized carbons (Fsp3) is 0.300. The van der Waals surface area contributed by atoms with E-state index in [0.29, 0.717) is 13.1 Å². The van der Waals surface area contributed by atoms with Crippen LogP contribution in [-0.2, 0) is 17.8 Å². The lowest BCUT2D eigenvalue weighted by molar-refractivity contribution is 0.0239. The summed E-state index contributed by atoms with van der Waals surface area (Å²) in [4.78, 5) is 21.9. The molecule has 2 aromatic carbocycles. The summed E-state index contributed by atoms with van der Waals surface area (Å²) in [6.45, 7) is 6.60. The van der Waals surface area contributed by atoms with Crippen molar-refractivity contribution < 1.29 is 9.53 Å². The van der Waals surface area contributed by atoms with Gasteiger partial charge in [-0.15, -0.1) is 0 Å². The average Bonchev–Trinajstić information content (AvgIpc) is 3.11. The molecule has 0 unspecified atom stereocenters. The van der Waals surface area contributed by atoms with Gasteiger partial charge in [-0.1, -0.05) is 36.4 Å². The van der Waals surface area contributed by atoms with Gasteiger partial charge >= 0.3 is 6.09 Å². The summed E-state index contributed by atoms with van der Waals surface area (Å²) in [5, 5.41) is 2.40. The van der Waals surface area contributed by atoms with E-state index in [1.807, 2.05) is 32.9 Å². The van der Waals surface area contributed by atoms with Crippen molar-refractivity contribution in [2.24, 2.45) is 0 Å². The maximum atomic E-state index is 12.2. The van der Waals surface area contributed by atoms with Gasteiger partial charge in [0.05, 0.1) is 24.5 Å². The standard InChI is InChI=1S/C20H21N3O2/c1-20(2,3)25-19(24)23-11-16-17(12-23)22-18(21-16)15-9-8-13-6-4-5-7-14(13)10-15/h4-10H,11-12H2,1-3H3,(H,21,22). The van der Waals surface area contributed by atoms with E-state index in [4.69, 9.17) is 9.72 Å². The minimum atomic E-state index is -0.489. The predicted molar refractivity (Wildman–Crippen MR) is 97.0 cm³/mol. The number of H-pyrrole nitrogens is 1. The van der Waals surface area contributed by atoms with E-state index in [0.717, 1.165) is 22.8 Å². The number of hydrogen-bond donors (Lipinski definition) is 1. The first-order valence-electron chi connectivity index (χ1n) is 8.44. The number of nitrogens with zero attached hydrogens (tertiary/aromatic N) is 2. The van der Waals surface area contributed by atoms with E-state index in [2.05, 4.69) is 35.3 Å². The van der Waals surface area contributed by atoms with Crippen LogP contribution in [0.15, 0.2) is 42.5 Å². The Balaban J connectivity index is 1.55. The van der Waals surface area contributed by atoms with Crippen LogP contribution in [0.3, 0.4) is 0 Å². The molecule has 0 fully saturated rings. The largest absolute Gasteiger partial charge is 0.444 e. The van der Waals surface area contributed by atoms with Gasteiger partial charge in [0.2, 0.25) is 0 Å². The Morgan fingerprint density at radius 1 is 1.12 bits per heavy atom. The Labute approximate surface area is 146 Å². The summed E-state index contributed by atoms with van der Waals surface area (Å²) in [6, 6.07) is 14.6. The molecule has 5 heteroatoms. The number of imidazole rings is 1. The second kappa shape index (κ2) is 5.62. The molecule has 1 amide bonds. The zero-order chi connectivity index (χ0) is 17.6. The lowest BCUT2D eigenvalue weighted by Crippen LogP contribution is -2.33. The summed E-state index contributed by atoms with van der Waals surface area (Å²) < 4.78 is 5.43. The van der Waals surface area contributed by atoms with E-state index in [-0.39, 0.29) is 6.09 Å². The highest BCUT2D eigenvalue weighted by Crippen LogP contribution is 2.28. The third-order valence-electron chi connectivity index (χ3n) is 4.23. The number of aromatic nitrogens is 2. The van der Waals surface area contributed by atoms with Gasteiger partial charge in [-0.2, -0.15) is 0 Å². The average molecular weight is 335 g/mol. The summed E-state index contributed by atoms with van der Waals surface area (Å²) in [6.07, 6.45) is -0.300. The van der Waals surface area contributed by atoms with Gasteiger partial charge in [-0.05, 0) is 37.6 Å². The lowest BCUT2D eigenvalue weighted by atomic mass is 10.1. The normalized spacial score (nSPS) is 14.0. The molecule has 4 rings (SSSR count). The number of ether oxygens (including phenoxy) is 1. The van der Waals surface area contributed by atoms with Gasteiger partial charge in [0.15, 0.2) is 0 Å². The Morgan fingerprint density at radius 2 is 1.88 bits per heavy atom. The lowest BCUT2D eigenvalue weighted by Gasteiger charge is -2.24. The minimum Gasteiger partial charge on any atom is -0.444 e. The number of amides is 1. The number of carbonyl (C=O) groups is 1. The number of benzene rings is 2. The molecule has 0 bridgehead atoms. The quantitative estimate of drug-likeness (QED) is 0.713. The molecular weight excluding hydrogens is 314 g/mol. The molecule has 3 aromatic rings. The minimum absolute atomic E-state index is 0.300. The molecule has 0 saturated heterocycles. The first-order chi connectivity index (χ1) is 11.9. The first-order valence-corrected chi connectivity index (χ1v) is 8.44. The third kappa shape index (κ3) is 3.09. The van der Waals surface area contributed by atoms with Crippen molar-refractivity contribution in [2.45, 2.75) is 39.5 Å². The Hall–Kier alpha value is -2.82. The molecule has 1 N–H and O–H groups in total. The molecule has 0 radical (unpaired) electrons. The van der Waals surface area contributed by atoms with Crippen LogP contribution in [0.2, 0.25) is 0 Å². The van der Waals surface area contributed by atoms with E-state index < -0.39 is 5.60 Å². The van der Waals surface area contributed by atoms with Crippen LogP contribution < -0.4 is 0 Å². The fourth-order valence-electron chi connectivity index (χ4n) is 3.06. The number of carbonyl (C=O) groups excluding carboxylic acids is 1. The molecular formula is C20H21N3O2. The van der Waals surface area contributed by atoms with Crippen molar-refractivity contribution in [1.82, 2.24) is 14.9 Å². The highest BCUT2D eigenvalue weighted by atomic mass is 16.6. The number of nitrogens with one attached hydrogen (secondary N) is 1. The fourth-order valence-corrected chi connectivity index (χ4v) is 3.06. The molecule has 0 atom stereocenters. The maximum Gasteiger partial charge on any atom is 0.410 e. The summed E-state index contributed by atoms with van der Waals surface area (Å²) >= 11 is 0. The topological polar surface area (TPSA) is 58.2 Å². The molecule has 25 heavy (non-hydrogen) atoms. The molecule has 1 aromatic heterocycles. The number of rotatable bonds is 1. The monoisotopic (exact) mass is 335 g/mol. The Bertz CT molecular complexity index is 929. The van der Waals surface area contributed by atoms with Crippen molar-refractivity contribution in [3.05, 3.63) is 53.9 Å². The molecule has 0 spiro atoms. The molecule has 0 saturated carbocycles. The highest BCUT2D eigenvalue weighted by Gasteiger charge is 2.30. The van der Waals surface area contributed by atoms with E-state index in [1.54, 1.807) is 4.90 Å². The van der Waals surface area contributed by atoms with Crippen LogP contribution in [0.25, 0.3) is 22.2 Å². The SMILES string of the molecule is CC(C)(C)OC(=O)N1Cc2nc(-c3ccc4ccccc4c3)[nH]c2C1. The molecule has 5 nitrogen and oxygen atoms in total. The van der Waals surface area contributed by atoms with Crippen molar-refractivity contribution in [2.75, 3.05) is 0 Å². The van der Waals surface area contributed by atoms with Crippen molar-refractivity contribution >= 4 is 16.9 Å². The Morgan fingerprint density at radius 3 is 2.60 bits per heavy atom. The maximum absolute atomic E-state index is 12.2. The second-order valence-corrected chi connectivity index (χ2v) is 7.41. The molecule has 128 valence electrons. The summed E-state index contributed by atoms with van der Waals surface area (Å²) in [7, 11) is 0. The number of fused-ring (bicyclic) bond motifs is 2. The van der Waals surface area contributed by atoms with Crippen LogP contribution >= 0.6 is 0 Å². The molecule has 1 aliphatic heterocycles.